The van der Waals surface area contributed by atoms with Gasteiger partial charge in [-0.3, -0.25) is 0 Å². The van der Waals surface area contributed by atoms with E-state index in [1.165, 1.54) is 48.5 Å². The van der Waals surface area contributed by atoms with Crippen LogP contribution in [0.1, 0.15) is 294 Å². The summed E-state index contributed by atoms with van der Waals surface area (Å²) >= 11 is 0. The van der Waals surface area contributed by atoms with E-state index < -0.39 is 185 Å². The quantitative estimate of drug-likeness (QED) is 0.0315. The van der Waals surface area contributed by atoms with E-state index in [2.05, 4.69) is 0 Å². The van der Waals surface area contributed by atoms with E-state index >= 15 is 0 Å². The first-order valence-electron chi connectivity index (χ1n) is 40.1. The summed E-state index contributed by atoms with van der Waals surface area (Å²) in [6.07, 6.45) is 5.40. The molecule has 10 rings (SSSR count). The lowest BCUT2D eigenvalue weighted by atomic mass is 9.76. The highest BCUT2D eigenvalue weighted by molar-refractivity contribution is 5.74. The average molecular weight is 1710 g/mol. The zero-order chi connectivity index (χ0) is 90.3. The van der Waals surface area contributed by atoms with Crippen molar-refractivity contribution in [2.75, 3.05) is 52.9 Å². The summed E-state index contributed by atoms with van der Waals surface area (Å²) in [5.41, 5.74) is 0.633. The number of phenols is 24. The van der Waals surface area contributed by atoms with E-state index in [1.54, 1.807) is 0 Å². The Balaban J connectivity index is 0.000000428. The molecule has 0 heterocycles. The van der Waals surface area contributed by atoms with E-state index in [-0.39, 0.29) is 199 Å². The van der Waals surface area contributed by atoms with Gasteiger partial charge in [-0.05, 0) is 99.9 Å². The third kappa shape index (κ3) is 21.3. The molecule has 16 bridgehead atoms. The molecule has 8 aromatic rings. The molecular formula is C88H122O33. The molecule has 0 atom stereocenters. The normalized spacial score (nSPS) is 16.8. The highest BCUT2D eigenvalue weighted by atomic mass is 16.4. The van der Waals surface area contributed by atoms with E-state index in [1.807, 2.05) is 55.4 Å². The van der Waals surface area contributed by atoms with E-state index in [0.717, 1.165) is 0 Å². The molecule has 33 nitrogen and oxygen atoms in total. The lowest BCUT2D eigenvalue weighted by Gasteiger charge is -2.29. The summed E-state index contributed by atoms with van der Waals surface area (Å²) in [5.74, 6) is -26.1. The van der Waals surface area contributed by atoms with Crippen LogP contribution >= 0.6 is 0 Å². The Hall–Kier alpha value is -11.4. The first-order chi connectivity index (χ1) is 57.0. The van der Waals surface area contributed by atoms with Crippen molar-refractivity contribution < 1.29 is 169 Å². The Morgan fingerprint density at radius 1 is 0.140 bits per heavy atom. The van der Waals surface area contributed by atoms with Gasteiger partial charge < -0.3 is 169 Å². The van der Waals surface area contributed by atoms with Crippen molar-refractivity contribution in [3.05, 3.63) is 138 Å². The molecule has 0 saturated heterocycles. The molecule has 0 fully saturated rings. The minimum atomic E-state index is -0.971. The van der Waals surface area contributed by atoms with Crippen molar-refractivity contribution in [1.29, 1.82) is 0 Å². The first-order valence-corrected chi connectivity index (χ1v) is 40.1. The summed E-state index contributed by atoms with van der Waals surface area (Å²) in [6, 6.07) is 11.4. The van der Waals surface area contributed by atoms with Gasteiger partial charge in [0.05, 0.1) is 52.9 Å². The molecule has 33 heteroatoms. The van der Waals surface area contributed by atoms with Gasteiger partial charge in [0, 0.05) is 136 Å². The molecule has 0 unspecified atom stereocenters. The van der Waals surface area contributed by atoms with Gasteiger partial charge in [-0.15, -0.1) is 0 Å². The van der Waals surface area contributed by atoms with Crippen LogP contribution in [0.5, 0.6) is 138 Å². The van der Waals surface area contributed by atoms with Crippen LogP contribution in [-0.4, -0.2) is 222 Å². The Labute approximate surface area is 699 Å². The third-order valence-corrected chi connectivity index (χ3v) is 21.5. The second kappa shape index (κ2) is 46.4. The Morgan fingerprint density at radius 3 is 0.256 bits per heavy atom. The van der Waals surface area contributed by atoms with Crippen LogP contribution in [-0.2, 0) is 0 Å². The van der Waals surface area contributed by atoms with Crippen molar-refractivity contribution in [1.82, 2.24) is 0 Å². The second-order valence-corrected chi connectivity index (χ2v) is 29.3. The number of fused-ring (bicyclic) bond motifs is 16. The zero-order valence-corrected chi connectivity index (χ0v) is 69.0. The SMILES string of the molecule is CCCC1c2cc(c(O)c(O)c2O)C(CCC)c2cc(c(O)c(O)c2O)C(CCC)c2cc(c(O)c(O)c2O)C(CCC)c2cc1c(O)c(O)c2O.CCCC1c2cc(c(O)c(O)c2O)C(CCC)c2cc(c(O)c(O)c2O)C(CCC)c2cc(c(O)c(O)c2O)C(CCC)c2cc1c(O)c(O)c2O.O.OCCO.OCCO.OCCO.OCCO. The number of rotatable bonds is 20. The zero-order valence-electron chi connectivity index (χ0n) is 69.0. The first kappa shape index (κ1) is 102. The molecule has 34 N–H and O–H groups in total. The number of hydrogen-bond acceptors (Lipinski definition) is 32. The number of phenolic OH excluding ortho intramolecular Hbond substituents is 24. The predicted octanol–water partition coefficient (Wildman–Crippen LogP) is 11.4. The van der Waals surface area contributed by atoms with Crippen LogP contribution in [0.15, 0.2) is 48.5 Å². The van der Waals surface area contributed by atoms with Gasteiger partial charge in [0.1, 0.15) is 0 Å². The molecule has 0 aromatic heterocycles. The largest absolute Gasteiger partial charge is 0.504 e. The van der Waals surface area contributed by atoms with Gasteiger partial charge in [-0.25, -0.2) is 0 Å². The standard InChI is InChI=1S/2C40H48O12.4C2H6O2.H2O/c2*1-5-9-17-21-13-23(31(43)37(49)29(21)41)18(10-6-2)25-15-27(35(47)39(51)33(25)45)20(12-8-4)28-16-26(34(46)40(52)36(28)48)19(11-7-3)24-14-22(17)30(42)38(50)32(24)44;4*3-1-2-4;/h2*13-20,41-52H,5-12H2,1-4H3;4*3-4H,1-2H2;1H2. The Bertz CT molecular complexity index is 3640. The minimum Gasteiger partial charge on any atom is -0.504 e. The highest BCUT2D eigenvalue weighted by Gasteiger charge is 2.41. The van der Waals surface area contributed by atoms with Crippen molar-refractivity contribution >= 4 is 0 Å². The molecule has 0 amide bonds. The molecule has 0 aliphatic heterocycles. The van der Waals surface area contributed by atoms with Gasteiger partial charge in [0.15, 0.2) is 92.0 Å². The maximum Gasteiger partial charge on any atom is 0.200 e. The predicted molar refractivity (Wildman–Crippen MR) is 446 cm³/mol. The third-order valence-electron chi connectivity index (χ3n) is 21.5. The minimum absolute atomic E-state index is 0. The molecule has 2 aliphatic carbocycles. The molecule has 0 radical (unpaired) electrons. The van der Waals surface area contributed by atoms with Crippen molar-refractivity contribution in [2.24, 2.45) is 0 Å². The molecule has 2 aliphatic rings. The smallest absolute Gasteiger partial charge is 0.200 e. The molecule has 672 valence electrons. The van der Waals surface area contributed by atoms with Crippen LogP contribution in [0.2, 0.25) is 0 Å². The van der Waals surface area contributed by atoms with Crippen LogP contribution in [0.25, 0.3) is 0 Å². The maximum atomic E-state index is 11.4. The summed E-state index contributed by atoms with van der Waals surface area (Å²) in [7, 11) is 0. The lowest BCUT2D eigenvalue weighted by molar-refractivity contribution is 0.186. The number of aliphatic hydroxyl groups is 8. The lowest BCUT2D eigenvalue weighted by Crippen LogP contribution is -2.11. The average Bonchev–Trinajstić information content (AvgIpc) is 0.742. The van der Waals surface area contributed by atoms with Gasteiger partial charge in [0.2, 0.25) is 46.0 Å². The van der Waals surface area contributed by atoms with E-state index in [9.17, 15) is 123 Å². The van der Waals surface area contributed by atoms with E-state index in [4.69, 9.17) is 40.9 Å². The summed E-state index contributed by atoms with van der Waals surface area (Å²) in [5, 5.41) is 332. The fourth-order valence-corrected chi connectivity index (χ4v) is 15.9. The molecule has 0 spiro atoms. The number of hydrogen-bond donors (Lipinski definition) is 32. The van der Waals surface area contributed by atoms with Gasteiger partial charge in [-0.1, -0.05) is 107 Å². The van der Waals surface area contributed by atoms with Crippen molar-refractivity contribution in [2.45, 2.75) is 205 Å². The molecule has 8 aromatic carbocycles. The Kier molecular flexibility index (Phi) is 39.1. The van der Waals surface area contributed by atoms with Crippen LogP contribution in [0.3, 0.4) is 0 Å². The monoisotopic (exact) mass is 1710 g/mol. The molecule has 121 heavy (non-hydrogen) atoms. The van der Waals surface area contributed by atoms with E-state index in [0.29, 0.717) is 51.4 Å². The fraction of sp³-hybridized carbons (Fsp3) is 0.455. The van der Waals surface area contributed by atoms with Crippen molar-refractivity contribution in [3.8, 4) is 138 Å². The number of aromatic hydroxyl groups is 24. The van der Waals surface area contributed by atoms with Crippen LogP contribution < -0.4 is 0 Å². The van der Waals surface area contributed by atoms with Gasteiger partial charge in [0.25, 0.3) is 0 Å². The number of aliphatic hydroxyl groups excluding tert-OH is 8. The topological polar surface area (TPSA) is 679 Å². The van der Waals surface area contributed by atoms with Gasteiger partial charge >= 0.3 is 0 Å². The molecule has 0 saturated carbocycles. The summed E-state index contributed by atoms with van der Waals surface area (Å²) in [6.45, 7) is 13.7. The second-order valence-electron chi connectivity index (χ2n) is 29.3. The van der Waals surface area contributed by atoms with Crippen LogP contribution in [0, 0.1) is 0 Å². The fourth-order valence-electron chi connectivity index (χ4n) is 15.9. The Morgan fingerprint density at radius 2 is 0.207 bits per heavy atom. The van der Waals surface area contributed by atoms with Crippen LogP contribution in [0.4, 0.5) is 0 Å². The highest BCUT2D eigenvalue weighted by Crippen LogP contribution is 2.63. The molecular weight excluding hydrogens is 1580 g/mol. The van der Waals surface area contributed by atoms with Gasteiger partial charge in [-0.2, -0.15) is 0 Å². The summed E-state index contributed by atoms with van der Waals surface area (Å²) in [4.78, 5) is 0. The van der Waals surface area contributed by atoms with Crippen molar-refractivity contribution in [3.63, 3.8) is 0 Å². The summed E-state index contributed by atoms with van der Waals surface area (Å²) < 4.78 is 0. The number of benzene rings is 8. The maximum absolute atomic E-state index is 11.4.